The maximum atomic E-state index is 10.8. The third-order valence-corrected chi connectivity index (χ3v) is 4.23. The van der Waals surface area contributed by atoms with E-state index in [1.54, 1.807) is 6.20 Å². The monoisotopic (exact) mass is 300 g/mol. The van der Waals surface area contributed by atoms with E-state index in [0.29, 0.717) is 5.69 Å². The van der Waals surface area contributed by atoms with Gasteiger partial charge < -0.3 is 10.1 Å². The van der Waals surface area contributed by atoms with E-state index in [1.165, 1.54) is 30.4 Å². The molecule has 0 aliphatic heterocycles. The molecule has 0 bridgehead atoms. The number of aromatic nitrogens is 2. The Kier molecular flexibility index (Phi) is 4.69. The standard InChI is InChI=1S/C18H24N2O2/c1-12(10-14-11-19-16(20-14)17(21)22)7-8-15-13(2)6-5-9-18(15,3)4/h7-8,10-11H,5-6,9H2,1-4H3,(H,19,20)(H,21,22). The van der Waals surface area contributed by atoms with Gasteiger partial charge in [0.05, 0.1) is 5.69 Å². The van der Waals surface area contributed by atoms with Gasteiger partial charge in [0.1, 0.15) is 0 Å². The van der Waals surface area contributed by atoms with Crippen LogP contribution in [0.5, 0.6) is 0 Å². The van der Waals surface area contributed by atoms with Crippen LogP contribution in [0, 0.1) is 5.41 Å². The van der Waals surface area contributed by atoms with E-state index in [-0.39, 0.29) is 11.2 Å². The Morgan fingerprint density at radius 3 is 2.77 bits per heavy atom. The number of nitrogens with zero attached hydrogens (tertiary/aromatic N) is 1. The largest absolute Gasteiger partial charge is 0.475 e. The third kappa shape index (κ3) is 3.75. The summed E-state index contributed by atoms with van der Waals surface area (Å²) in [4.78, 5) is 17.5. The fourth-order valence-electron chi connectivity index (χ4n) is 3.03. The van der Waals surface area contributed by atoms with Gasteiger partial charge in [0.25, 0.3) is 0 Å². The minimum atomic E-state index is -1.04. The summed E-state index contributed by atoms with van der Waals surface area (Å²) in [5, 5.41) is 8.86. The third-order valence-electron chi connectivity index (χ3n) is 4.23. The van der Waals surface area contributed by atoms with Gasteiger partial charge >= 0.3 is 5.97 Å². The molecular weight excluding hydrogens is 276 g/mol. The number of hydrogen-bond acceptors (Lipinski definition) is 2. The normalized spacial score (nSPS) is 19.0. The van der Waals surface area contributed by atoms with Crippen molar-refractivity contribution in [3.05, 3.63) is 46.6 Å². The highest BCUT2D eigenvalue weighted by atomic mass is 16.4. The summed E-state index contributed by atoms with van der Waals surface area (Å²) in [6.45, 7) is 8.80. The molecule has 22 heavy (non-hydrogen) atoms. The van der Waals surface area contributed by atoms with Crippen LogP contribution in [0.3, 0.4) is 0 Å². The number of hydrogen-bond donors (Lipinski definition) is 2. The van der Waals surface area contributed by atoms with Crippen molar-refractivity contribution in [3.8, 4) is 0 Å². The van der Waals surface area contributed by atoms with Gasteiger partial charge in [0.15, 0.2) is 0 Å². The van der Waals surface area contributed by atoms with Crippen LogP contribution in [-0.4, -0.2) is 21.0 Å². The van der Waals surface area contributed by atoms with Crippen LogP contribution >= 0.6 is 0 Å². The number of rotatable bonds is 4. The molecule has 1 aromatic rings. The van der Waals surface area contributed by atoms with E-state index in [9.17, 15) is 4.79 Å². The number of imidazole rings is 1. The summed E-state index contributed by atoms with van der Waals surface area (Å²) in [6.07, 6.45) is 11.4. The minimum absolute atomic E-state index is 0.0324. The van der Waals surface area contributed by atoms with Crippen LogP contribution in [0.4, 0.5) is 0 Å². The van der Waals surface area contributed by atoms with Gasteiger partial charge in [-0.25, -0.2) is 9.78 Å². The molecule has 0 fully saturated rings. The van der Waals surface area contributed by atoms with Crippen LogP contribution in [0.15, 0.2) is 35.1 Å². The average Bonchev–Trinajstić information content (AvgIpc) is 2.86. The van der Waals surface area contributed by atoms with Gasteiger partial charge in [0, 0.05) is 6.20 Å². The average molecular weight is 300 g/mol. The molecule has 4 nitrogen and oxygen atoms in total. The second kappa shape index (κ2) is 6.34. The molecule has 118 valence electrons. The zero-order valence-corrected chi connectivity index (χ0v) is 13.7. The number of carbonyl (C=O) groups is 1. The highest BCUT2D eigenvalue weighted by molar-refractivity contribution is 5.83. The van der Waals surface area contributed by atoms with Crippen LogP contribution in [0.25, 0.3) is 6.08 Å². The Morgan fingerprint density at radius 1 is 1.45 bits per heavy atom. The van der Waals surface area contributed by atoms with Gasteiger partial charge in [0.2, 0.25) is 5.82 Å². The van der Waals surface area contributed by atoms with Gasteiger partial charge in [-0.15, -0.1) is 0 Å². The molecule has 1 aliphatic rings. The molecule has 4 heteroatoms. The lowest BCUT2D eigenvalue weighted by Gasteiger charge is -2.32. The Morgan fingerprint density at radius 2 is 2.18 bits per heavy atom. The quantitative estimate of drug-likeness (QED) is 0.799. The van der Waals surface area contributed by atoms with Crippen molar-refractivity contribution >= 4 is 12.0 Å². The predicted molar refractivity (Wildman–Crippen MR) is 88.7 cm³/mol. The predicted octanol–water partition coefficient (Wildman–Crippen LogP) is 4.59. The van der Waals surface area contributed by atoms with Crippen LogP contribution < -0.4 is 0 Å². The summed E-state index contributed by atoms with van der Waals surface area (Å²) >= 11 is 0. The number of nitrogens with one attached hydrogen (secondary N) is 1. The highest BCUT2D eigenvalue weighted by Crippen LogP contribution is 2.40. The molecule has 0 aromatic carbocycles. The van der Waals surface area contributed by atoms with E-state index in [1.807, 2.05) is 13.0 Å². The van der Waals surface area contributed by atoms with Crippen LogP contribution in [-0.2, 0) is 0 Å². The minimum Gasteiger partial charge on any atom is -0.475 e. The molecule has 1 aromatic heterocycles. The van der Waals surface area contributed by atoms with Gasteiger partial charge in [-0.3, -0.25) is 0 Å². The fraction of sp³-hybridized carbons (Fsp3) is 0.444. The van der Waals surface area contributed by atoms with Gasteiger partial charge in [-0.05, 0) is 55.7 Å². The van der Waals surface area contributed by atoms with Gasteiger partial charge in [-0.2, -0.15) is 0 Å². The van der Waals surface area contributed by atoms with Crippen molar-refractivity contribution in [1.29, 1.82) is 0 Å². The maximum absolute atomic E-state index is 10.8. The summed E-state index contributed by atoms with van der Waals surface area (Å²) in [7, 11) is 0. The highest BCUT2D eigenvalue weighted by Gasteiger charge is 2.26. The molecule has 2 rings (SSSR count). The molecule has 0 amide bonds. The van der Waals surface area contributed by atoms with Crippen LogP contribution in [0.2, 0.25) is 0 Å². The molecule has 0 saturated heterocycles. The van der Waals surface area contributed by atoms with Crippen molar-refractivity contribution in [2.75, 3.05) is 0 Å². The van der Waals surface area contributed by atoms with E-state index >= 15 is 0 Å². The Labute approximate surface area is 131 Å². The SMILES string of the molecule is CC(C=CC1=C(C)CCCC1(C)C)=Cc1c[nH]c(C(=O)O)n1. The maximum Gasteiger partial charge on any atom is 0.371 e. The van der Waals surface area contributed by atoms with Crippen molar-refractivity contribution in [1.82, 2.24) is 9.97 Å². The number of allylic oxidation sites excluding steroid dienone is 5. The second-order valence-corrected chi connectivity index (χ2v) is 6.63. The molecule has 0 radical (unpaired) electrons. The Hall–Kier alpha value is -2.10. The van der Waals surface area contributed by atoms with Crippen molar-refractivity contribution in [2.45, 2.75) is 47.0 Å². The molecule has 2 N–H and O–H groups in total. The first-order valence-corrected chi connectivity index (χ1v) is 7.65. The fourth-order valence-corrected chi connectivity index (χ4v) is 3.03. The van der Waals surface area contributed by atoms with Crippen molar-refractivity contribution in [3.63, 3.8) is 0 Å². The van der Waals surface area contributed by atoms with Gasteiger partial charge in [-0.1, -0.05) is 31.6 Å². The van der Waals surface area contributed by atoms with E-state index in [4.69, 9.17) is 5.11 Å². The smallest absolute Gasteiger partial charge is 0.371 e. The lowest BCUT2D eigenvalue weighted by atomic mass is 9.72. The number of aromatic amines is 1. The summed E-state index contributed by atoms with van der Waals surface area (Å²) < 4.78 is 0. The summed E-state index contributed by atoms with van der Waals surface area (Å²) in [5.74, 6) is -1.08. The number of carboxylic acid groups (broad SMARTS) is 1. The van der Waals surface area contributed by atoms with E-state index in [0.717, 1.165) is 5.57 Å². The zero-order chi connectivity index (χ0) is 16.3. The first kappa shape index (κ1) is 16.3. The molecule has 0 atom stereocenters. The summed E-state index contributed by atoms with van der Waals surface area (Å²) in [5.41, 5.74) is 4.79. The second-order valence-electron chi connectivity index (χ2n) is 6.63. The Bertz CT molecular complexity index is 660. The first-order chi connectivity index (χ1) is 10.3. The first-order valence-electron chi connectivity index (χ1n) is 7.65. The number of H-pyrrole nitrogens is 1. The van der Waals surface area contributed by atoms with Crippen molar-refractivity contribution in [2.24, 2.45) is 5.41 Å². The molecule has 0 unspecified atom stereocenters. The lowest BCUT2D eigenvalue weighted by Crippen LogP contribution is -2.19. The molecule has 0 spiro atoms. The molecule has 0 saturated carbocycles. The lowest BCUT2D eigenvalue weighted by molar-refractivity contribution is 0.0684. The Balaban J connectivity index is 2.18. The van der Waals surface area contributed by atoms with Crippen LogP contribution in [0.1, 0.15) is 63.3 Å². The topological polar surface area (TPSA) is 66.0 Å². The number of aromatic carboxylic acids is 1. The summed E-state index contributed by atoms with van der Waals surface area (Å²) in [6, 6.07) is 0. The van der Waals surface area contributed by atoms with Crippen molar-refractivity contribution < 1.29 is 9.90 Å². The molecule has 1 aliphatic carbocycles. The molecular formula is C18H24N2O2. The molecule has 1 heterocycles. The van der Waals surface area contributed by atoms with E-state index in [2.05, 4.69) is 42.9 Å². The zero-order valence-electron chi connectivity index (χ0n) is 13.7. The van der Waals surface area contributed by atoms with E-state index < -0.39 is 5.97 Å². The number of carboxylic acids is 1.